The summed E-state index contributed by atoms with van der Waals surface area (Å²) < 4.78 is 42.6. The van der Waals surface area contributed by atoms with E-state index in [0.29, 0.717) is 25.1 Å². The number of hydrogen-bond acceptors (Lipinski definition) is 7. The summed E-state index contributed by atoms with van der Waals surface area (Å²) in [5.74, 6) is 0.744. The number of rotatable bonds is 6. The molecule has 0 saturated heterocycles. The van der Waals surface area contributed by atoms with Gasteiger partial charge in [0, 0.05) is 12.7 Å². The van der Waals surface area contributed by atoms with Gasteiger partial charge in [0.25, 0.3) is 0 Å². The maximum absolute atomic E-state index is 13.7. The summed E-state index contributed by atoms with van der Waals surface area (Å²) in [5.41, 5.74) is 0.421. The van der Waals surface area contributed by atoms with Crippen LogP contribution >= 0.6 is 0 Å². The molecule has 3 aromatic rings. The molecule has 0 amide bonds. The minimum absolute atomic E-state index is 0.00534. The van der Waals surface area contributed by atoms with Crippen molar-refractivity contribution in [1.82, 2.24) is 30.2 Å². The molecule has 8 nitrogen and oxygen atoms in total. The van der Waals surface area contributed by atoms with E-state index in [1.54, 1.807) is 11.6 Å². The SMILES string of the molecule is Cc1nnnn1-c1ccccc1CNc1ncc(C(F)(F)F)c(CC2CCC(O)C(C)(C)C2)n1. The summed E-state index contributed by atoms with van der Waals surface area (Å²) in [5, 5.41) is 24.8. The number of anilines is 1. The number of aliphatic hydroxyl groups excluding tert-OH is 1. The van der Waals surface area contributed by atoms with Gasteiger partial charge in [-0.15, -0.1) is 5.10 Å². The Morgan fingerprint density at radius 3 is 2.65 bits per heavy atom. The molecule has 1 aromatic carbocycles. The third-order valence-electron chi connectivity index (χ3n) is 6.50. The molecule has 182 valence electrons. The predicted molar refractivity (Wildman–Crippen MR) is 119 cm³/mol. The zero-order valence-electron chi connectivity index (χ0n) is 19.3. The fraction of sp³-hybridized carbons (Fsp3) is 0.522. The molecular formula is C23H28F3N7O. The van der Waals surface area contributed by atoms with Crippen molar-refractivity contribution in [1.29, 1.82) is 0 Å². The summed E-state index contributed by atoms with van der Waals surface area (Å²) in [6.07, 6.45) is -2.08. The van der Waals surface area contributed by atoms with Crippen LogP contribution in [0.4, 0.5) is 19.1 Å². The minimum atomic E-state index is -4.54. The topological polar surface area (TPSA) is 102 Å². The van der Waals surface area contributed by atoms with E-state index in [0.717, 1.165) is 17.4 Å². The van der Waals surface area contributed by atoms with Crippen molar-refractivity contribution in [3.8, 4) is 5.69 Å². The molecular weight excluding hydrogens is 447 g/mol. The van der Waals surface area contributed by atoms with Crippen molar-refractivity contribution in [3.63, 3.8) is 0 Å². The second-order valence-corrected chi connectivity index (χ2v) is 9.53. The number of benzene rings is 1. The average molecular weight is 476 g/mol. The second kappa shape index (κ2) is 9.28. The van der Waals surface area contributed by atoms with Crippen molar-refractivity contribution < 1.29 is 18.3 Å². The lowest BCUT2D eigenvalue weighted by atomic mass is 9.69. The van der Waals surface area contributed by atoms with Gasteiger partial charge in [0.15, 0.2) is 5.82 Å². The lowest BCUT2D eigenvalue weighted by Gasteiger charge is -2.39. The molecule has 34 heavy (non-hydrogen) atoms. The van der Waals surface area contributed by atoms with E-state index in [9.17, 15) is 18.3 Å². The Morgan fingerprint density at radius 2 is 1.97 bits per heavy atom. The van der Waals surface area contributed by atoms with Crippen LogP contribution in [0.15, 0.2) is 30.5 Å². The highest BCUT2D eigenvalue weighted by Gasteiger charge is 2.39. The molecule has 2 N–H and O–H groups in total. The van der Waals surface area contributed by atoms with E-state index >= 15 is 0 Å². The number of para-hydroxylation sites is 1. The number of halogens is 3. The van der Waals surface area contributed by atoms with Gasteiger partial charge in [0.2, 0.25) is 5.95 Å². The number of aliphatic hydroxyl groups is 1. The molecule has 0 radical (unpaired) electrons. The van der Waals surface area contributed by atoms with Gasteiger partial charge in [-0.05, 0) is 66.0 Å². The Balaban J connectivity index is 1.56. The Labute approximate surface area is 195 Å². The van der Waals surface area contributed by atoms with Crippen LogP contribution in [0.2, 0.25) is 0 Å². The number of hydrogen-bond donors (Lipinski definition) is 2. The first-order valence-corrected chi connectivity index (χ1v) is 11.2. The summed E-state index contributed by atoms with van der Waals surface area (Å²) in [4.78, 5) is 8.21. The van der Waals surface area contributed by atoms with Crippen LogP contribution in [0.3, 0.4) is 0 Å². The van der Waals surface area contributed by atoms with Gasteiger partial charge >= 0.3 is 6.18 Å². The molecule has 2 heterocycles. The van der Waals surface area contributed by atoms with E-state index in [-0.39, 0.29) is 35.9 Å². The van der Waals surface area contributed by atoms with Crippen molar-refractivity contribution in [2.75, 3.05) is 5.32 Å². The normalized spacial score (nSPS) is 20.3. The molecule has 4 rings (SSSR count). The molecule has 1 fully saturated rings. The summed E-state index contributed by atoms with van der Waals surface area (Å²) in [6.45, 7) is 5.96. The fourth-order valence-corrected chi connectivity index (χ4v) is 4.60. The highest BCUT2D eigenvalue weighted by atomic mass is 19.4. The van der Waals surface area contributed by atoms with Gasteiger partial charge in [-0.25, -0.2) is 9.97 Å². The molecule has 1 saturated carbocycles. The number of tetrazole rings is 1. The molecule has 2 atom stereocenters. The number of nitrogens with zero attached hydrogens (tertiary/aromatic N) is 6. The first kappa shape index (κ1) is 24.1. The zero-order valence-corrected chi connectivity index (χ0v) is 19.3. The summed E-state index contributed by atoms with van der Waals surface area (Å²) >= 11 is 0. The average Bonchev–Trinajstić information content (AvgIpc) is 3.20. The quantitative estimate of drug-likeness (QED) is 0.553. The van der Waals surface area contributed by atoms with Gasteiger partial charge in [0.05, 0.1) is 23.0 Å². The summed E-state index contributed by atoms with van der Waals surface area (Å²) in [7, 11) is 0. The molecule has 0 aliphatic heterocycles. The number of aromatic nitrogens is 6. The van der Waals surface area contributed by atoms with Crippen LogP contribution in [0.1, 0.15) is 55.8 Å². The number of aryl methyl sites for hydroxylation is 1. The Bertz CT molecular complexity index is 1150. The lowest BCUT2D eigenvalue weighted by Crippen LogP contribution is -2.37. The molecule has 0 spiro atoms. The molecule has 0 bridgehead atoms. The highest BCUT2D eigenvalue weighted by Crippen LogP contribution is 2.41. The number of alkyl halides is 3. The molecule has 2 unspecified atom stereocenters. The third kappa shape index (κ3) is 5.19. The van der Waals surface area contributed by atoms with E-state index in [1.807, 2.05) is 38.1 Å². The third-order valence-corrected chi connectivity index (χ3v) is 6.50. The monoisotopic (exact) mass is 475 g/mol. The largest absolute Gasteiger partial charge is 0.419 e. The van der Waals surface area contributed by atoms with Crippen LogP contribution < -0.4 is 5.32 Å². The van der Waals surface area contributed by atoms with Crippen LogP contribution in [-0.2, 0) is 19.1 Å². The minimum Gasteiger partial charge on any atom is -0.393 e. The molecule has 1 aliphatic rings. The van der Waals surface area contributed by atoms with Gasteiger partial charge in [-0.2, -0.15) is 17.9 Å². The van der Waals surface area contributed by atoms with Gasteiger partial charge in [-0.3, -0.25) is 0 Å². The lowest BCUT2D eigenvalue weighted by molar-refractivity contribution is -0.138. The molecule has 2 aromatic heterocycles. The van der Waals surface area contributed by atoms with E-state index in [2.05, 4.69) is 30.8 Å². The fourth-order valence-electron chi connectivity index (χ4n) is 4.60. The van der Waals surface area contributed by atoms with Crippen LogP contribution in [0.5, 0.6) is 0 Å². The van der Waals surface area contributed by atoms with Crippen LogP contribution in [0, 0.1) is 18.3 Å². The molecule has 1 aliphatic carbocycles. The number of nitrogens with one attached hydrogen (secondary N) is 1. The maximum atomic E-state index is 13.7. The first-order chi connectivity index (χ1) is 16.0. The van der Waals surface area contributed by atoms with Gasteiger partial charge < -0.3 is 10.4 Å². The van der Waals surface area contributed by atoms with E-state index in [1.165, 1.54) is 0 Å². The smallest absolute Gasteiger partial charge is 0.393 e. The molecule has 11 heteroatoms. The van der Waals surface area contributed by atoms with Crippen molar-refractivity contribution in [3.05, 3.63) is 53.1 Å². The second-order valence-electron chi connectivity index (χ2n) is 9.53. The van der Waals surface area contributed by atoms with Crippen LogP contribution in [0.25, 0.3) is 5.69 Å². The van der Waals surface area contributed by atoms with Crippen molar-refractivity contribution in [2.24, 2.45) is 11.3 Å². The van der Waals surface area contributed by atoms with Crippen molar-refractivity contribution >= 4 is 5.95 Å². The predicted octanol–water partition coefficient (Wildman–Crippen LogP) is 4.12. The maximum Gasteiger partial charge on any atom is 0.419 e. The van der Waals surface area contributed by atoms with Crippen molar-refractivity contribution in [2.45, 2.75) is 65.3 Å². The summed E-state index contributed by atoms with van der Waals surface area (Å²) in [6, 6.07) is 7.45. The van der Waals surface area contributed by atoms with E-state index in [4.69, 9.17) is 0 Å². The highest BCUT2D eigenvalue weighted by molar-refractivity contribution is 5.43. The van der Waals surface area contributed by atoms with Gasteiger partial charge in [-0.1, -0.05) is 32.0 Å². The van der Waals surface area contributed by atoms with E-state index < -0.39 is 17.8 Å². The Kier molecular flexibility index (Phi) is 6.57. The Morgan fingerprint density at radius 1 is 1.21 bits per heavy atom. The standard InChI is InChI=1S/C23H28F3N7O/c1-14-30-31-32-33(14)19-7-5-4-6-16(19)12-27-21-28-13-17(23(24,25)26)18(29-21)10-15-8-9-20(34)22(2,3)11-15/h4-7,13,15,20,34H,8-12H2,1-3H3,(H,27,28,29). The van der Waals surface area contributed by atoms with Gasteiger partial charge in [0.1, 0.15) is 0 Å². The first-order valence-electron chi connectivity index (χ1n) is 11.2. The Hall–Kier alpha value is -3.08. The zero-order chi connectivity index (χ0) is 24.5. The van der Waals surface area contributed by atoms with Crippen LogP contribution in [-0.4, -0.2) is 41.4 Å².